The fourth-order valence-electron chi connectivity index (χ4n) is 1.46. The Balaban J connectivity index is 2.44. The van der Waals surface area contributed by atoms with Crippen LogP contribution >= 0.6 is 0 Å². The first-order chi connectivity index (χ1) is 8.94. The van der Waals surface area contributed by atoms with Crippen LogP contribution in [0.5, 0.6) is 5.75 Å². The number of guanidine groups is 1. The van der Waals surface area contributed by atoms with Gasteiger partial charge >= 0.3 is 6.36 Å². The molecule has 0 saturated carbocycles. The molecule has 0 aliphatic heterocycles. The van der Waals surface area contributed by atoms with E-state index in [9.17, 15) is 13.2 Å². The van der Waals surface area contributed by atoms with Gasteiger partial charge in [-0.25, -0.2) is 0 Å². The Kier molecular flexibility index (Phi) is 5.47. The quantitative estimate of drug-likeness (QED) is 0.652. The Morgan fingerprint density at radius 2 is 1.89 bits per heavy atom. The van der Waals surface area contributed by atoms with Gasteiger partial charge in [-0.2, -0.15) is 0 Å². The first kappa shape index (κ1) is 15.1. The molecule has 106 valence electrons. The predicted octanol–water partition coefficient (Wildman–Crippen LogP) is 1.92. The number of nitrogens with zero attached hydrogens (tertiary/aromatic N) is 1. The SMILES string of the molecule is CN=C(NC)NCCc1ccc(OC(F)(F)F)cc1. The van der Waals surface area contributed by atoms with E-state index in [1.54, 1.807) is 26.2 Å². The highest BCUT2D eigenvalue weighted by Gasteiger charge is 2.30. The lowest BCUT2D eigenvalue weighted by Gasteiger charge is -2.10. The molecule has 1 aromatic rings. The van der Waals surface area contributed by atoms with Gasteiger partial charge in [0.2, 0.25) is 0 Å². The highest BCUT2D eigenvalue weighted by atomic mass is 19.4. The van der Waals surface area contributed by atoms with Gasteiger partial charge in [0, 0.05) is 20.6 Å². The number of halogens is 3. The molecule has 0 radical (unpaired) electrons. The van der Waals surface area contributed by atoms with Gasteiger partial charge < -0.3 is 15.4 Å². The van der Waals surface area contributed by atoms with Crippen LogP contribution in [-0.2, 0) is 6.42 Å². The average molecular weight is 275 g/mol. The Hall–Kier alpha value is -1.92. The summed E-state index contributed by atoms with van der Waals surface area (Å²) in [6.07, 6.45) is -3.98. The van der Waals surface area contributed by atoms with Gasteiger partial charge in [0.05, 0.1) is 0 Å². The van der Waals surface area contributed by atoms with Gasteiger partial charge in [0.25, 0.3) is 0 Å². The van der Waals surface area contributed by atoms with Crippen molar-refractivity contribution >= 4 is 5.96 Å². The van der Waals surface area contributed by atoms with E-state index >= 15 is 0 Å². The summed E-state index contributed by atoms with van der Waals surface area (Å²) in [6.45, 7) is 0.632. The summed E-state index contributed by atoms with van der Waals surface area (Å²) in [5.41, 5.74) is 0.911. The second-order valence-corrected chi connectivity index (χ2v) is 3.69. The first-order valence-electron chi connectivity index (χ1n) is 5.67. The molecule has 7 heteroatoms. The largest absolute Gasteiger partial charge is 0.573 e. The Morgan fingerprint density at radius 3 is 2.37 bits per heavy atom. The van der Waals surface area contributed by atoms with Crippen LogP contribution in [0.4, 0.5) is 13.2 Å². The van der Waals surface area contributed by atoms with Crippen LogP contribution in [0.1, 0.15) is 5.56 Å². The molecule has 0 fully saturated rings. The molecule has 0 unspecified atom stereocenters. The van der Waals surface area contributed by atoms with Crippen molar-refractivity contribution in [3.8, 4) is 5.75 Å². The molecule has 0 aliphatic rings. The second-order valence-electron chi connectivity index (χ2n) is 3.69. The number of aliphatic imine (C=N–C) groups is 1. The Bertz CT molecular complexity index is 415. The summed E-state index contributed by atoms with van der Waals surface area (Å²) in [4.78, 5) is 3.94. The maximum atomic E-state index is 12.0. The smallest absolute Gasteiger partial charge is 0.406 e. The van der Waals surface area contributed by atoms with Gasteiger partial charge in [0.15, 0.2) is 5.96 Å². The zero-order chi connectivity index (χ0) is 14.3. The van der Waals surface area contributed by atoms with Crippen molar-refractivity contribution < 1.29 is 17.9 Å². The van der Waals surface area contributed by atoms with E-state index in [0.29, 0.717) is 18.9 Å². The number of rotatable bonds is 4. The first-order valence-corrected chi connectivity index (χ1v) is 5.67. The van der Waals surface area contributed by atoms with Crippen molar-refractivity contribution in [1.82, 2.24) is 10.6 Å². The molecule has 0 amide bonds. The number of nitrogens with one attached hydrogen (secondary N) is 2. The van der Waals surface area contributed by atoms with Gasteiger partial charge in [-0.3, -0.25) is 4.99 Å². The van der Waals surface area contributed by atoms with Crippen LogP contribution in [0.3, 0.4) is 0 Å². The van der Waals surface area contributed by atoms with E-state index in [1.165, 1.54) is 12.1 Å². The highest BCUT2D eigenvalue weighted by molar-refractivity contribution is 5.79. The molecule has 0 aliphatic carbocycles. The van der Waals surface area contributed by atoms with Gasteiger partial charge in [0.1, 0.15) is 5.75 Å². The summed E-state index contributed by atoms with van der Waals surface area (Å²) < 4.78 is 39.7. The van der Waals surface area contributed by atoms with Crippen LogP contribution in [0.2, 0.25) is 0 Å². The van der Waals surface area contributed by atoms with Crippen molar-refractivity contribution in [2.24, 2.45) is 4.99 Å². The lowest BCUT2D eigenvalue weighted by Crippen LogP contribution is -2.35. The molecular weight excluding hydrogens is 259 g/mol. The molecule has 0 spiro atoms. The van der Waals surface area contributed by atoms with E-state index < -0.39 is 6.36 Å². The van der Waals surface area contributed by atoms with Crippen molar-refractivity contribution in [1.29, 1.82) is 0 Å². The topological polar surface area (TPSA) is 45.7 Å². The van der Waals surface area contributed by atoms with Crippen LogP contribution in [0.25, 0.3) is 0 Å². The van der Waals surface area contributed by atoms with E-state index in [0.717, 1.165) is 5.56 Å². The molecule has 0 saturated heterocycles. The molecule has 0 aromatic heterocycles. The molecule has 2 N–H and O–H groups in total. The van der Waals surface area contributed by atoms with Crippen LogP contribution in [-0.4, -0.2) is 33.0 Å². The van der Waals surface area contributed by atoms with Crippen molar-refractivity contribution in [3.63, 3.8) is 0 Å². The number of hydrogen-bond acceptors (Lipinski definition) is 2. The van der Waals surface area contributed by atoms with E-state index in [1.807, 2.05) is 0 Å². The third-order valence-electron chi connectivity index (χ3n) is 2.32. The fourth-order valence-corrected chi connectivity index (χ4v) is 1.46. The fraction of sp³-hybridized carbons (Fsp3) is 0.417. The minimum atomic E-state index is -4.65. The van der Waals surface area contributed by atoms with Gasteiger partial charge in [-0.05, 0) is 24.1 Å². The van der Waals surface area contributed by atoms with Crippen molar-refractivity contribution in [3.05, 3.63) is 29.8 Å². The summed E-state index contributed by atoms with van der Waals surface area (Å²) in [7, 11) is 3.40. The monoisotopic (exact) mass is 275 g/mol. The molecule has 1 rings (SSSR count). The number of benzene rings is 1. The normalized spacial score (nSPS) is 12.2. The third kappa shape index (κ3) is 5.98. The average Bonchev–Trinajstić information content (AvgIpc) is 2.35. The summed E-state index contributed by atoms with van der Waals surface area (Å²) in [5.74, 6) is 0.451. The van der Waals surface area contributed by atoms with E-state index in [-0.39, 0.29) is 5.75 Å². The van der Waals surface area contributed by atoms with Crippen LogP contribution < -0.4 is 15.4 Å². The zero-order valence-electron chi connectivity index (χ0n) is 10.7. The minimum absolute atomic E-state index is 0.213. The summed E-state index contributed by atoms with van der Waals surface area (Å²) >= 11 is 0. The number of hydrogen-bond donors (Lipinski definition) is 2. The molecule has 0 atom stereocenters. The standard InChI is InChI=1S/C12H16F3N3O/c1-16-11(17-2)18-8-7-9-3-5-10(6-4-9)19-12(13,14)15/h3-6H,7-8H2,1-2H3,(H2,16,17,18). The minimum Gasteiger partial charge on any atom is -0.406 e. The molecule has 1 aromatic carbocycles. The van der Waals surface area contributed by atoms with Crippen LogP contribution in [0, 0.1) is 0 Å². The highest BCUT2D eigenvalue weighted by Crippen LogP contribution is 2.22. The molecule has 0 heterocycles. The van der Waals surface area contributed by atoms with Gasteiger partial charge in [-0.15, -0.1) is 13.2 Å². The number of alkyl halides is 3. The Labute approximate surface area is 109 Å². The maximum Gasteiger partial charge on any atom is 0.573 e. The molecule has 19 heavy (non-hydrogen) atoms. The van der Waals surface area contributed by atoms with E-state index in [2.05, 4.69) is 20.4 Å². The Morgan fingerprint density at radius 1 is 1.26 bits per heavy atom. The predicted molar refractivity (Wildman–Crippen MR) is 67.3 cm³/mol. The second kappa shape index (κ2) is 6.86. The van der Waals surface area contributed by atoms with E-state index in [4.69, 9.17) is 0 Å². The third-order valence-corrected chi connectivity index (χ3v) is 2.32. The van der Waals surface area contributed by atoms with Crippen molar-refractivity contribution in [2.45, 2.75) is 12.8 Å². The summed E-state index contributed by atoms with van der Waals surface area (Å²) in [5, 5.41) is 5.91. The summed E-state index contributed by atoms with van der Waals surface area (Å²) in [6, 6.07) is 5.81. The van der Waals surface area contributed by atoms with Crippen LogP contribution in [0.15, 0.2) is 29.3 Å². The molecular formula is C12H16F3N3O. The number of ether oxygens (including phenoxy) is 1. The lowest BCUT2D eigenvalue weighted by atomic mass is 10.1. The van der Waals surface area contributed by atoms with Crippen molar-refractivity contribution in [2.75, 3.05) is 20.6 Å². The molecule has 0 bridgehead atoms. The molecule has 4 nitrogen and oxygen atoms in total. The zero-order valence-corrected chi connectivity index (χ0v) is 10.7. The van der Waals surface area contributed by atoms with Gasteiger partial charge in [-0.1, -0.05) is 12.1 Å². The maximum absolute atomic E-state index is 12.0. The lowest BCUT2D eigenvalue weighted by molar-refractivity contribution is -0.274.